The predicted octanol–water partition coefficient (Wildman–Crippen LogP) is 2.62. The molecule has 15 heavy (non-hydrogen) atoms. The number of hydrogen-bond donors (Lipinski definition) is 1. The quantitative estimate of drug-likeness (QED) is 0.842. The van der Waals surface area contributed by atoms with Gasteiger partial charge in [0.15, 0.2) is 0 Å². The van der Waals surface area contributed by atoms with E-state index in [4.69, 9.17) is 0 Å². The van der Waals surface area contributed by atoms with Crippen LogP contribution >= 0.6 is 11.8 Å². The Morgan fingerprint density at radius 3 is 2.73 bits per heavy atom. The SMILES string of the molecule is CSCCC(O)Cc1ccc(F)cc1F. The molecule has 1 unspecified atom stereocenters. The molecule has 0 saturated carbocycles. The van der Waals surface area contributed by atoms with Crippen molar-refractivity contribution >= 4 is 11.8 Å². The first-order valence-electron chi connectivity index (χ1n) is 4.74. The second-order valence-electron chi connectivity index (χ2n) is 3.38. The minimum Gasteiger partial charge on any atom is -0.393 e. The molecule has 0 aromatic heterocycles. The summed E-state index contributed by atoms with van der Waals surface area (Å²) in [6.07, 6.45) is 2.26. The number of rotatable bonds is 5. The van der Waals surface area contributed by atoms with Gasteiger partial charge in [0.1, 0.15) is 11.6 Å². The number of hydrogen-bond acceptors (Lipinski definition) is 2. The largest absolute Gasteiger partial charge is 0.393 e. The van der Waals surface area contributed by atoms with Crippen molar-refractivity contribution in [1.29, 1.82) is 0 Å². The maximum atomic E-state index is 13.2. The maximum Gasteiger partial charge on any atom is 0.129 e. The lowest BCUT2D eigenvalue weighted by Gasteiger charge is -2.10. The first kappa shape index (κ1) is 12.5. The molecular formula is C11H14F2OS. The number of aliphatic hydroxyl groups is 1. The highest BCUT2D eigenvalue weighted by Crippen LogP contribution is 2.13. The summed E-state index contributed by atoms with van der Waals surface area (Å²) >= 11 is 1.63. The molecule has 0 aliphatic rings. The Bertz CT molecular complexity index is 317. The molecule has 0 heterocycles. The van der Waals surface area contributed by atoms with Crippen molar-refractivity contribution in [1.82, 2.24) is 0 Å². The zero-order valence-electron chi connectivity index (χ0n) is 8.54. The number of aliphatic hydroxyl groups excluding tert-OH is 1. The molecule has 0 aliphatic carbocycles. The maximum absolute atomic E-state index is 13.2. The van der Waals surface area contributed by atoms with E-state index in [1.807, 2.05) is 6.26 Å². The van der Waals surface area contributed by atoms with E-state index in [0.29, 0.717) is 12.0 Å². The average Bonchev–Trinajstić information content (AvgIpc) is 2.19. The van der Waals surface area contributed by atoms with Crippen LogP contribution in [0.3, 0.4) is 0 Å². The summed E-state index contributed by atoms with van der Waals surface area (Å²) in [5, 5.41) is 9.55. The van der Waals surface area contributed by atoms with Crippen molar-refractivity contribution in [2.45, 2.75) is 18.9 Å². The van der Waals surface area contributed by atoms with Crippen molar-refractivity contribution < 1.29 is 13.9 Å². The van der Waals surface area contributed by atoms with Gasteiger partial charge in [0.05, 0.1) is 6.10 Å². The fourth-order valence-electron chi connectivity index (χ4n) is 1.30. The van der Waals surface area contributed by atoms with Crippen molar-refractivity contribution in [2.24, 2.45) is 0 Å². The van der Waals surface area contributed by atoms with Crippen molar-refractivity contribution in [3.8, 4) is 0 Å². The Hall–Kier alpha value is -0.610. The molecule has 0 spiro atoms. The van der Waals surface area contributed by atoms with Gasteiger partial charge < -0.3 is 5.11 Å². The van der Waals surface area contributed by atoms with Crippen LogP contribution in [0.4, 0.5) is 8.78 Å². The van der Waals surface area contributed by atoms with Crippen LogP contribution in [0.5, 0.6) is 0 Å². The molecule has 84 valence electrons. The highest BCUT2D eigenvalue weighted by atomic mass is 32.2. The summed E-state index contributed by atoms with van der Waals surface area (Å²) in [7, 11) is 0. The van der Waals surface area contributed by atoms with Gasteiger partial charge in [0.2, 0.25) is 0 Å². The van der Waals surface area contributed by atoms with Gasteiger partial charge in [-0.05, 0) is 30.1 Å². The smallest absolute Gasteiger partial charge is 0.129 e. The third-order valence-corrected chi connectivity index (χ3v) is 2.77. The van der Waals surface area contributed by atoms with Gasteiger partial charge in [-0.3, -0.25) is 0 Å². The van der Waals surface area contributed by atoms with E-state index in [1.165, 1.54) is 12.1 Å². The fraction of sp³-hybridized carbons (Fsp3) is 0.455. The molecular weight excluding hydrogens is 218 g/mol. The van der Waals surface area contributed by atoms with Gasteiger partial charge in [-0.2, -0.15) is 11.8 Å². The summed E-state index contributed by atoms with van der Waals surface area (Å²) in [5.74, 6) is -0.336. The van der Waals surface area contributed by atoms with E-state index < -0.39 is 17.7 Å². The summed E-state index contributed by atoms with van der Waals surface area (Å²) in [4.78, 5) is 0. The van der Waals surface area contributed by atoms with Gasteiger partial charge in [0, 0.05) is 12.5 Å². The van der Waals surface area contributed by atoms with Crippen LogP contribution in [0.1, 0.15) is 12.0 Å². The Balaban J connectivity index is 2.56. The van der Waals surface area contributed by atoms with E-state index in [1.54, 1.807) is 11.8 Å². The number of thioether (sulfide) groups is 1. The first-order chi connectivity index (χ1) is 7.13. The van der Waals surface area contributed by atoms with Crippen LogP contribution in [-0.4, -0.2) is 23.2 Å². The van der Waals surface area contributed by atoms with Crippen LogP contribution in [-0.2, 0) is 6.42 Å². The minimum absolute atomic E-state index is 0.243. The molecule has 1 rings (SSSR count). The zero-order valence-corrected chi connectivity index (χ0v) is 9.36. The third-order valence-electron chi connectivity index (χ3n) is 2.13. The highest BCUT2D eigenvalue weighted by Gasteiger charge is 2.09. The van der Waals surface area contributed by atoms with Crippen molar-refractivity contribution in [3.05, 3.63) is 35.4 Å². The average molecular weight is 232 g/mol. The molecule has 1 aromatic carbocycles. The highest BCUT2D eigenvalue weighted by molar-refractivity contribution is 7.98. The Labute approximate surface area is 92.5 Å². The molecule has 0 radical (unpaired) electrons. The number of halogens is 2. The second-order valence-corrected chi connectivity index (χ2v) is 4.36. The van der Waals surface area contributed by atoms with Crippen LogP contribution in [0, 0.1) is 11.6 Å². The molecule has 1 aromatic rings. The molecule has 0 amide bonds. The van der Waals surface area contributed by atoms with E-state index in [-0.39, 0.29) is 6.42 Å². The van der Waals surface area contributed by atoms with Gasteiger partial charge in [-0.15, -0.1) is 0 Å². The molecule has 0 fully saturated rings. The number of benzene rings is 1. The van der Waals surface area contributed by atoms with Gasteiger partial charge in [-0.25, -0.2) is 8.78 Å². The molecule has 4 heteroatoms. The topological polar surface area (TPSA) is 20.2 Å². The Kier molecular flexibility index (Phi) is 5.05. The van der Waals surface area contributed by atoms with Crippen LogP contribution in [0.2, 0.25) is 0 Å². The van der Waals surface area contributed by atoms with E-state index in [9.17, 15) is 13.9 Å². The molecule has 1 atom stereocenters. The summed E-state index contributed by atoms with van der Waals surface area (Å²) in [6.45, 7) is 0. The molecule has 0 saturated heterocycles. The fourth-order valence-corrected chi connectivity index (χ4v) is 1.80. The predicted molar refractivity (Wildman–Crippen MR) is 59.1 cm³/mol. The Morgan fingerprint density at radius 1 is 1.40 bits per heavy atom. The minimum atomic E-state index is -0.588. The van der Waals surface area contributed by atoms with E-state index >= 15 is 0 Å². The first-order valence-corrected chi connectivity index (χ1v) is 6.14. The zero-order chi connectivity index (χ0) is 11.3. The monoisotopic (exact) mass is 232 g/mol. The van der Waals surface area contributed by atoms with Crippen molar-refractivity contribution in [3.63, 3.8) is 0 Å². The third kappa shape index (κ3) is 4.18. The van der Waals surface area contributed by atoms with Crippen molar-refractivity contribution in [2.75, 3.05) is 12.0 Å². The molecule has 0 bridgehead atoms. The van der Waals surface area contributed by atoms with Crippen LogP contribution < -0.4 is 0 Å². The lowest BCUT2D eigenvalue weighted by atomic mass is 10.1. The molecule has 1 nitrogen and oxygen atoms in total. The summed E-state index contributed by atoms with van der Waals surface area (Å²) in [5.41, 5.74) is 0.366. The van der Waals surface area contributed by atoms with Crippen LogP contribution in [0.15, 0.2) is 18.2 Å². The van der Waals surface area contributed by atoms with E-state index in [0.717, 1.165) is 11.8 Å². The lowest BCUT2D eigenvalue weighted by molar-refractivity contribution is 0.171. The second kappa shape index (κ2) is 6.08. The van der Waals surface area contributed by atoms with Crippen LogP contribution in [0.25, 0.3) is 0 Å². The normalized spacial score (nSPS) is 12.8. The molecule has 0 aliphatic heterocycles. The molecule has 1 N–H and O–H groups in total. The summed E-state index contributed by atoms with van der Waals surface area (Å²) < 4.78 is 25.8. The van der Waals surface area contributed by atoms with Gasteiger partial charge in [0.25, 0.3) is 0 Å². The van der Waals surface area contributed by atoms with Gasteiger partial charge >= 0.3 is 0 Å². The lowest BCUT2D eigenvalue weighted by Crippen LogP contribution is -2.12. The van der Waals surface area contributed by atoms with E-state index in [2.05, 4.69) is 0 Å². The summed E-state index contributed by atoms with van der Waals surface area (Å²) in [6, 6.07) is 3.43. The standard InChI is InChI=1S/C11H14F2OS/c1-15-5-4-10(14)6-8-2-3-9(12)7-11(8)13/h2-3,7,10,14H,4-6H2,1H3. The Morgan fingerprint density at radius 2 is 2.13 bits per heavy atom. The van der Waals surface area contributed by atoms with Gasteiger partial charge in [-0.1, -0.05) is 6.07 Å².